The van der Waals surface area contributed by atoms with Gasteiger partial charge in [0.1, 0.15) is 0 Å². The highest BCUT2D eigenvalue weighted by atomic mass is 16.2. The van der Waals surface area contributed by atoms with E-state index in [0.717, 1.165) is 45.4 Å². The topological polar surface area (TPSA) is 59.4 Å². The van der Waals surface area contributed by atoms with Crippen molar-refractivity contribution in [2.24, 2.45) is 11.8 Å². The molecule has 1 aliphatic heterocycles. The fourth-order valence-electron chi connectivity index (χ4n) is 3.68. The van der Waals surface area contributed by atoms with E-state index in [2.05, 4.69) is 35.3 Å². The van der Waals surface area contributed by atoms with Crippen LogP contribution in [0.3, 0.4) is 0 Å². The molecule has 5 nitrogen and oxygen atoms in total. The van der Waals surface area contributed by atoms with E-state index in [1.165, 1.54) is 5.56 Å². The molecule has 2 fully saturated rings. The van der Waals surface area contributed by atoms with Crippen molar-refractivity contribution in [2.75, 3.05) is 33.7 Å². The van der Waals surface area contributed by atoms with Crippen molar-refractivity contribution in [1.29, 1.82) is 5.26 Å². The van der Waals surface area contributed by atoms with E-state index in [4.69, 9.17) is 5.26 Å². The molecule has 0 unspecified atom stereocenters. The van der Waals surface area contributed by atoms with Crippen LogP contribution in [-0.2, 0) is 11.3 Å². The van der Waals surface area contributed by atoms with Gasteiger partial charge in [-0.3, -0.25) is 9.69 Å². The average Bonchev–Trinajstić information content (AvgIpc) is 3.46. The summed E-state index contributed by atoms with van der Waals surface area (Å²) in [4.78, 5) is 16.7. The van der Waals surface area contributed by atoms with Gasteiger partial charge in [0.2, 0.25) is 5.91 Å². The Balaban J connectivity index is 1.54. The van der Waals surface area contributed by atoms with Crippen LogP contribution in [0, 0.1) is 23.2 Å². The third kappa shape index (κ3) is 4.81. The molecule has 25 heavy (non-hydrogen) atoms. The zero-order chi connectivity index (χ0) is 17.8. The van der Waals surface area contributed by atoms with Gasteiger partial charge < -0.3 is 10.2 Å². The second kappa shape index (κ2) is 7.99. The third-order valence-electron chi connectivity index (χ3n) is 5.44. The lowest BCUT2D eigenvalue weighted by Crippen LogP contribution is -2.53. The Kier molecular flexibility index (Phi) is 5.72. The molecule has 1 saturated heterocycles. The Labute approximate surface area is 150 Å². The van der Waals surface area contributed by atoms with Crippen LogP contribution in [0.5, 0.6) is 0 Å². The van der Waals surface area contributed by atoms with Gasteiger partial charge >= 0.3 is 0 Å². The molecule has 1 heterocycles. The maximum Gasteiger partial charge on any atom is 0.223 e. The second-order valence-electron chi connectivity index (χ2n) is 7.64. The second-order valence-corrected chi connectivity index (χ2v) is 7.64. The number of nitrogens with one attached hydrogen (secondary N) is 1. The Morgan fingerprint density at radius 1 is 1.28 bits per heavy atom. The first-order valence-corrected chi connectivity index (χ1v) is 9.22. The highest BCUT2D eigenvalue weighted by Gasteiger charge is 2.33. The van der Waals surface area contributed by atoms with E-state index in [1.807, 2.05) is 24.3 Å². The van der Waals surface area contributed by atoms with E-state index < -0.39 is 0 Å². The molecular weight excluding hydrogens is 312 g/mol. The Hall–Kier alpha value is -1.90. The van der Waals surface area contributed by atoms with Crippen LogP contribution in [0.1, 0.15) is 30.4 Å². The van der Waals surface area contributed by atoms with Crippen LogP contribution in [-0.4, -0.2) is 55.5 Å². The predicted octanol–water partition coefficient (Wildman–Crippen LogP) is 1.84. The van der Waals surface area contributed by atoms with E-state index in [1.54, 1.807) is 0 Å². The number of hydrogen-bond acceptors (Lipinski definition) is 4. The minimum absolute atomic E-state index is 0.248. The molecule has 134 valence electrons. The molecule has 1 aliphatic carbocycles. The van der Waals surface area contributed by atoms with Crippen molar-refractivity contribution >= 4 is 5.91 Å². The summed E-state index contributed by atoms with van der Waals surface area (Å²) in [6, 6.07) is 10.5. The minimum atomic E-state index is 0.248. The molecule has 1 aromatic rings. The van der Waals surface area contributed by atoms with Gasteiger partial charge in [0.05, 0.1) is 11.6 Å². The van der Waals surface area contributed by atoms with Crippen LogP contribution < -0.4 is 5.32 Å². The summed E-state index contributed by atoms with van der Waals surface area (Å²) in [7, 11) is 4.26. The van der Waals surface area contributed by atoms with Crippen molar-refractivity contribution < 1.29 is 4.79 Å². The normalized spacial score (nSPS) is 24.1. The minimum Gasteiger partial charge on any atom is -0.356 e. The maximum absolute atomic E-state index is 11.9. The van der Waals surface area contributed by atoms with Crippen LogP contribution in [0.4, 0.5) is 0 Å². The van der Waals surface area contributed by atoms with Crippen molar-refractivity contribution in [3.05, 3.63) is 35.4 Å². The SMILES string of the molecule is CN(C)[C@@H]1CN(Cc2ccc(C#N)cc2)CC[C@@H]1CNC(=O)C1CC1. The van der Waals surface area contributed by atoms with Gasteiger partial charge in [-0.25, -0.2) is 0 Å². The van der Waals surface area contributed by atoms with Crippen molar-refractivity contribution in [2.45, 2.75) is 31.8 Å². The number of carbonyl (C=O) groups excluding carboxylic acids is 1. The molecule has 0 bridgehead atoms. The predicted molar refractivity (Wildman–Crippen MR) is 97.7 cm³/mol. The molecule has 1 amide bonds. The molecule has 2 aliphatic rings. The number of amides is 1. The Morgan fingerprint density at radius 2 is 2.00 bits per heavy atom. The fraction of sp³-hybridized carbons (Fsp3) is 0.600. The van der Waals surface area contributed by atoms with Gasteiger partial charge in [0.15, 0.2) is 0 Å². The summed E-state index contributed by atoms with van der Waals surface area (Å²) in [6.45, 7) is 3.77. The molecule has 1 aromatic carbocycles. The van der Waals surface area contributed by atoms with Crippen LogP contribution in [0.25, 0.3) is 0 Å². The van der Waals surface area contributed by atoms with Crippen LogP contribution in [0.15, 0.2) is 24.3 Å². The van der Waals surface area contributed by atoms with Gasteiger partial charge in [-0.1, -0.05) is 12.1 Å². The van der Waals surface area contributed by atoms with E-state index in [0.29, 0.717) is 17.5 Å². The molecule has 0 radical (unpaired) electrons. The molecule has 3 rings (SSSR count). The number of rotatable bonds is 6. The van der Waals surface area contributed by atoms with Gasteiger partial charge in [0.25, 0.3) is 0 Å². The van der Waals surface area contributed by atoms with Crippen molar-refractivity contribution in [1.82, 2.24) is 15.1 Å². The largest absolute Gasteiger partial charge is 0.356 e. The van der Waals surface area contributed by atoms with E-state index in [-0.39, 0.29) is 11.8 Å². The van der Waals surface area contributed by atoms with Crippen molar-refractivity contribution in [3.8, 4) is 6.07 Å². The summed E-state index contributed by atoms with van der Waals surface area (Å²) >= 11 is 0. The number of benzene rings is 1. The molecule has 0 spiro atoms. The smallest absolute Gasteiger partial charge is 0.223 e. The lowest BCUT2D eigenvalue weighted by molar-refractivity contribution is -0.122. The summed E-state index contributed by atoms with van der Waals surface area (Å²) in [6.07, 6.45) is 3.22. The summed E-state index contributed by atoms with van der Waals surface area (Å²) < 4.78 is 0. The van der Waals surface area contributed by atoms with E-state index >= 15 is 0 Å². The number of likely N-dealkylation sites (N-methyl/N-ethyl adjacent to an activating group) is 1. The quantitative estimate of drug-likeness (QED) is 0.858. The fourth-order valence-corrected chi connectivity index (χ4v) is 3.68. The third-order valence-corrected chi connectivity index (χ3v) is 5.44. The zero-order valence-corrected chi connectivity index (χ0v) is 15.2. The lowest BCUT2D eigenvalue weighted by atomic mass is 9.90. The number of carbonyl (C=O) groups is 1. The van der Waals surface area contributed by atoms with Gasteiger partial charge in [-0.15, -0.1) is 0 Å². The summed E-state index contributed by atoms with van der Waals surface area (Å²) in [5.74, 6) is 1.04. The van der Waals surface area contributed by atoms with Crippen LogP contribution >= 0.6 is 0 Å². The Bertz CT molecular complexity index is 630. The average molecular weight is 340 g/mol. The Morgan fingerprint density at radius 3 is 2.60 bits per heavy atom. The van der Waals surface area contributed by atoms with Gasteiger partial charge in [-0.2, -0.15) is 5.26 Å². The number of nitrogens with zero attached hydrogens (tertiary/aromatic N) is 3. The number of hydrogen-bond donors (Lipinski definition) is 1. The molecule has 1 N–H and O–H groups in total. The summed E-state index contributed by atoms with van der Waals surface area (Å²) in [5.41, 5.74) is 1.96. The molecule has 0 aromatic heterocycles. The first-order valence-electron chi connectivity index (χ1n) is 9.22. The van der Waals surface area contributed by atoms with Gasteiger partial charge in [0, 0.05) is 31.6 Å². The molecule has 5 heteroatoms. The van der Waals surface area contributed by atoms with Gasteiger partial charge in [-0.05, 0) is 63.5 Å². The highest BCUT2D eigenvalue weighted by Crippen LogP contribution is 2.29. The molecule has 2 atom stereocenters. The highest BCUT2D eigenvalue weighted by molar-refractivity contribution is 5.80. The summed E-state index contributed by atoms with van der Waals surface area (Å²) in [5, 5.41) is 12.1. The number of likely N-dealkylation sites (tertiary alicyclic amines) is 1. The number of nitriles is 1. The standard InChI is InChI=1S/C20H28N4O/c1-23(2)19-14-24(13-16-5-3-15(11-21)4-6-16)10-9-18(19)12-22-20(25)17-7-8-17/h3-6,17-19H,7-10,12-14H2,1-2H3,(H,22,25)/t18-,19-/m1/s1. The van der Waals surface area contributed by atoms with E-state index in [9.17, 15) is 4.79 Å². The lowest BCUT2D eigenvalue weighted by Gasteiger charge is -2.42. The maximum atomic E-state index is 11.9. The van der Waals surface area contributed by atoms with Crippen molar-refractivity contribution in [3.63, 3.8) is 0 Å². The monoisotopic (exact) mass is 340 g/mol. The van der Waals surface area contributed by atoms with Crippen LogP contribution in [0.2, 0.25) is 0 Å². The molecular formula is C20H28N4O. The zero-order valence-electron chi connectivity index (χ0n) is 15.2. The first-order chi connectivity index (χ1) is 12.1. The molecule has 1 saturated carbocycles. The first kappa shape index (κ1) is 17.9. The number of piperidine rings is 1.